The average Bonchev–Trinajstić information content (AvgIpc) is 2.59. The number of halogens is 2. The van der Waals surface area contributed by atoms with Gasteiger partial charge in [-0.3, -0.25) is 4.79 Å². The molecule has 0 spiro atoms. The molecule has 2 aromatic carbocycles. The molecule has 0 aromatic heterocycles. The molecule has 23 heavy (non-hydrogen) atoms. The Hall–Kier alpha value is -2.11. The van der Waals surface area contributed by atoms with Gasteiger partial charge in [0.05, 0.1) is 17.5 Å². The van der Waals surface area contributed by atoms with Crippen molar-refractivity contribution in [2.24, 2.45) is 0 Å². The summed E-state index contributed by atoms with van der Waals surface area (Å²) >= 11 is 5.55. The number of para-hydroxylation sites is 1. The minimum Gasteiger partial charge on any atom is -0.390 e. The van der Waals surface area contributed by atoms with Crippen molar-refractivity contribution in [2.45, 2.75) is 12.6 Å². The van der Waals surface area contributed by atoms with Crippen LogP contribution in [0.2, 0.25) is 0 Å². The standard InChI is InChI=1S/C17H18ClFN2O2/c18-9-14(22)11-20-16-4-2-1-3-15(16)17(23)21-10-12-5-7-13(19)8-6-12/h1-8,14,20,22H,9-11H2,(H,21,23). The van der Waals surface area contributed by atoms with Crippen molar-refractivity contribution in [1.82, 2.24) is 5.32 Å². The minimum absolute atomic E-state index is 0.117. The fourth-order valence-electron chi connectivity index (χ4n) is 2.00. The van der Waals surface area contributed by atoms with Gasteiger partial charge in [0.15, 0.2) is 0 Å². The summed E-state index contributed by atoms with van der Waals surface area (Å²) < 4.78 is 12.9. The first-order chi connectivity index (χ1) is 11.1. The zero-order valence-electron chi connectivity index (χ0n) is 12.4. The molecule has 0 saturated heterocycles. The van der Waals surface area contributed by atoms with E-state index in [0.717, 1.165) is 5.56 Å². The quantitative estimate of drug-likeness (QED) is 0.681. The van der Waals surface area contributed by atoms with Crippen molar-refractivity contribution in [2.75, 3.05) is 17.7 Å². The smallest absolute Gasteiger partial charge is 0.253 e. The van der Waals surface area contributed by atoms with Crippen molar-refractivity contribution in [3.8, 4) is 0 Å². The van der Waals surface area contributed by atoms with Gasteiger partial charge in [-0.2, -0.15) is 0 Å². The number of hydrogen-bond donors (Lipinski definition) is 3. The van der Waals surface area contributed by atoms with Gasteiger partial charge >= 0.3 is 0 Å². The zero-order valence-corrected chi connectivity index (χ0v) is 13.2. The van der Waals surface area contributed by atoms with E-state index in [1.54, 1.807) is 36.4 Å². The van der Waals surface area contributed by atoms with Crippen LogP contribution in [0.1, 0.15) is 15.9 Å². The minimum atomic E-state index is -0.688. The molecule has 0 aliphatic heterocycles. The van der Waals surface area contributed by atoms with E-state index in [1.165, 1.54) is 12.1 Å². The SMILES string of the molecule is O=C(NCc1ccc(F)cc1)c1ccccc1NCC(O)CCl. The Bertz CT molecular complexity index is 649. The molecule has 0 aliphatic rings. The highest BCUT2D eigenvalue weighted by Crippen LogP contribution is 2.15. The molecule has 2 aromatic rings. The van der Waals surface area contributed by atoms with E-state index in [2.05, 4.69) is 10.6 Å². The molecular weight excluding hydrogens is 319 g/mol. The Morgan fingerprint density at radius 2 is 1.87 bits per heavy atom. The molecule has 0 radical (unpaired) electrons. The summed E-state index contributed by atoms with van der Waals surface area (Å²) in [7, 11) is 0. The van der Waals surface area contributed by atoms with Gasteiger partial charge in [-0.15, -0.1) is 11.6 Å². The van der Waals surface area contributed by atoms with E-state index in [4.69, 9.17) is 11.6 Å². The van der Waals surface area contributed by atoms with Crippen LogP contribution in [0.3, 0.4) is 0 Å². The van der Waals surface area contributed by atoms with Gasteiger partial charge in [0.25, 0.3) is 5.91 Å². The molecule has 0 saturated carbocycles. The molecular formula is C17H18ClFN2O2. The highest BCUT2D eigenvalue weighted by atomic mass is 35.5. The number of rotatable bonds is 7. The van der Waals surface area contributed by atoms with E-state index in [1.807, 2.05) is 0 Å². The van der Waals surface area contributed by atoms with Crippen LogP contribution in [-0.4, -0.2) is 29.5 Å². The largest absolute Gasteiger partial charge is 0.390 e. The molecule has 0 heterocycles. The zero-order chi connectivity index (χ0) is 16.7. The van der Waals surface area contributed by atoms with Crippen LogP contribution >= 0.6 is 11.6 Å². The number of aliphatic hydroxyl groups excluding tert-OH is 1. The third kappa shape index (κ3) is 5.23. The predicted octanol–water partition coefficient (Wildman–Crippen LogP) is 2.77. The maximum atomic E-state index is 12.9. The first-order valence-corrected chi connectivity index (χ1v) is 7.73. The Morgan fingerprint density at radius 1 is 1.17 bits per heavy atom. The summed E-state index contributed by atoms with van der Waals surface area (Å²) in [6.07, 6.45) is -0.688. The molecule has 1 atom stereocenters. The molecule has 1 unspecified atom stereocenters. The van der Waals surface area contributed by atoms with E-state index in [0.29, 0.717) is 17.8 Å². The second-order valence-corrected chi connectivity index (χ2v) is 5.35. The number of anilines is 1. The fraction of sp³-hybridized carbons (Fsp3) is 0.235. The Kier molecular flexibility index (Phi) is 6.38. The summed E-state index contributed by atoms with van der Waals surface area (Å²) in [5, 5.41) is 15.3. The molecule has 0 fully saturated rings. The lowest BCUT2D eigenvalue weighted by atomic mass is 10.1. The van der Waals surface area contributed by atoms with Crippen molar-refractivity contribution >= 4 is 23.2 Å². The van der Waals surface area contributed by atoms with E-state index >= 15 is 0 Å². The maximum absolute atomic E-state index is 12.9. The second-order valence-electron chi connectivity index (χ2n) is 5.04. The van der Waals surface area contributed by atoms with E-state index in [9.17, 15) is 14.3 Å². The van der Waals surface area contributed by atoms with Crippen LogP contribution in [0.4, 0.5) is 10.1 Å². The lowest BCUT2D eigenvalue weighted by Crippen LogP contribution is -2.26. The van der Waals surface area contributed by atoms with Gasteiger partial charge in [0.1, 0.15) is 5.82 Å². The summed E-state index contributed by atoms with van der Waals surface area (Å²) in [6, 6.07) is 13.0. The van der Waals surface area contributed by atoms with E-state index in [-0.39, 0.29) is 24.1 Å². The Balaban J connectivity index is 1.99. The van der Waals surface area contributed by atoms with E-state index < -0.39 is 6.10 Å². The van der Waals surface area contributed by atoms with Crippen molar-refractivity contribution in [3.63, 3.8) is 0 Å². The molecule has 0 aliphatic carbocycles. The summed E-state index contributed by atoms with van der Waals surface area (Å²) in [5.74, 6) is -0.448. The van der Waals surface area contributed by atoms with Crippen LogP contribution in [0.5, 0.6) is 0 Å². The first kappa shape index (κ1) is 17.2. The lowest BCUT2D eigenvalue weighted by Gasteiger charge is -2.14. The molecule has 6 heteroatoms. The van der Waals surface area contributed by atoms with Gasteiger partial charge in [0.2, 0.25) is 0 Å². The molecule has 4 nitrogen and oxygen atoms in total. The molecule has 3 N–H and O–H groups in total. The van der Waals surface area contributed by atoms with Crippen LogP contribution < -0.4 is 10.6 Å². The normalized spacial score (nSPS) is 11.8. The van der Waals surface area contributed by atoms with Gasteiger partial charge in [-0.25, -0.2) is 4.39 Å². The summed E-state index contributed by atoms with van der Waals surface area (Å²) in [4.78, 5) is 12.3. The van der Waals surface area contributed by atoms with Crippen LogP contribution in [0.15, 0.2) is 48.5 Å². The predicted molar refractivity (Wildman–Crippen MR) is 89.2 cm³/mol. The third-order valence-electron chi connectivity index (χ3n) is 3.24. The highest BCUT2D eigenvalue weighted by Gasteiger charge is 2.11. The van der Waals surface area contributed by atoms with Crippen molar-refractivity contribution in [1.29, 1.82) is 0 Å². The number of carbonyl (C=O) groups is 1. The van der Waals surface area contributed by atoms with Gasteiger partial charge < -0.3 is 15.7 Å². The van der Waals surface area contributed by atoms with Crippen molar-refractivity contribution in [3.05, 3.63) is 65.5 Å². The second kappa shape index (κ2) is 8.50. The number of nitrogens with one attached hydrogen (secondary N) is 2. The number of carbonyl (C=O) groups excluding carboxylic acids is 1. The summed E-state index contributed by atoms with van der Waals surface area (Å²) in [6.45, 7) is 0.559. The molecule has 1 amide bonds. The first-order valence-electron chi connectivity index (χ1n) is 7.19. The topological polar surface area (TPSA) is 61.4 Å². The number of amides is 1. The van der Waals surface area contributed by atoms with Crippen LogP contribution in [0, 0.1) is 5.82 Å². The number of alkyl halides is 1. The maximum Gasteiger partial charge on any atom is 0.253 e. The lowest BCUT2D eigenvalue weighted by molar-refractivity contribution is 0.0951. The van der Waals surface area contributed by atoms with Crippen molar-refractivity contribution < 1.29 is 14.3 Å². The Labute approximate surface area is 139 Å². The number of benzene rings is 2. The molecule has 122 valence electrons. The Morgan fingerprint density at radius 3 is 2.57 bits per heavy atom. The monoisotopic (exact) mass is 336 g/mol. The highest BCUT2D eigenvalue weighted by molar-refractivity contribution is 6.18. The van der Waals surface area contributed by atoms with Gasteiger partial charge in [0, 0.05) is 18.8 Å². The average molecular weight is 337 g/mol. The molecule has 2 rings (SSSR count). The third-order valence-corrected chi connectivity index (χ3v) is 3.60. The van der Waals surface area contributed by atoms with Gasteiger partial charge in [-0.1, -0.05) is 24.3 Å². The van der Waals surface area contributed by atoms with Gasteiger partial charge in [-0.05, 0) is 29.8 Å². The fourth-order valence-corrected chi connectivity index (χ4v) is 2.11. The summed E-state index contributed by atoms with van der Waals surface area (Å²) in [5.41, 5.74) is 1.90. The number of hydrogen-bond acceptors (Lipinski definition) is 3. The van der Waals surface area contributed by atoms with Crippen LogP contribution in [-0.2, 0) is 6.54 Å². The molecule has 0 bridgehead atoms. The number of aliphatic hydroxyl groups is 1. The van der Waals surface area contributed by atoms with Crippen LogP contribution in [0.25, 0.3) is 0 Å².